The zero-order valence-electron chi connectivity index (χ0n) is 30.1. The first kappa shape index (κ1) is 33.2. The average molecular weight is 728 g/mol. The minimum absolute atomic E-state index is 0.0228. The molecule has 8 saturated carbocycles. The van der Waals surface area contributed by atoms with Crippen LogP contribution >= 0.6 is 0 Å². The third kappa shape index (κ3) is 5.15. The van der Waals surface area contributed by atoms with Gasteiger partial charge in [0.25, 0.3) is 0 Å². The van der Waals surface area contributed by atoms with Gasteiger partial charge in [0.15, 0.2) is 0 Å². The number of hydrogen-bond acceptors (Lipinski definition) is 6. The van der Waals surface area contributed by atoms with Gasteiger partial charge < -0.3 is 8.74 Å². The van der Waals surface area contributed by atoms with Gasteiger partial charge in [-0.05, 0) is 195 Å². The Bertz CT molecular complexity index is 2110. The third-order valence-electron chi connectivity index (χ3n) is 15.1. The van der Waals surface area contributed by atoms with Crippen molar-refractivity contribution in [3.8, 4) is 5.75 Å². The molecular weight excluding hydrogens is 677 g/mol. The molecular formula is C43H51O6S2-. The lowest BCUT2D eigenvalue weighted by molar-refractivity contribution is -0.00703. The molecule has 8 fully saturated rings. The van der Waals surface area contributed by atoms with Gasteiger partial charge in [0.1, 0.15) is 20.8 Å². The normalized spacial score (nSPS) is 35.1. The molecule has 12 rings (SSSR count). The molecule has 9 aliphatic rings. The maximum absolute atomic E-state index is 15.5. The number of rotatable bonds is 7. The van der Waals surface area contributed by atoms with Crippen LogP contribution in [0.15, 0.2) is 46.2 Å². The lowest BCUT2D eigenvalue weighted by atomic mass is 9.46. The van der Waals surface area contributed by atoms with Crippen LogP contribution in [0.4, 0.5) is 0 Å². The Morgan fingerprint density at radius 3 is 1.67 bits per heavy atom. The van der Waals surface area contributed by atoms with Gasteiger partial charge in [-0.2, -0.15) is 8.42 Å². The summed E-state index contributed by atoms with van der Waals surface area (Å²) >= 11 is 0. The quantitative estimate of drug-likeness (QED) is 0.178. The summed E-state index contributed by atoms with van der Waals surface area (Å²) < 4.78 is 75.2. The zero-order valence-corrected chi connectivity index (χ0v) is 31.7. The second kappa shape index (κ2) is 11.3. The van der Waals surface area contributed by atoms with E-state index in [4.69, 9.17) is 4.18 Å². The van der Waals surface area contributed by atoms with Gasteiger partial charge in [-0.25, -0.2) is 8.42 Å². The van der Waals surface area contributed by atoms with E-state index in [-0.39, 0.29) is 27.4 Å². The Labute approximate surface area is 304 Å². The van der Waals surface area contributed by atoms with E-state index in [0.29, 0.717) is 69.9 Å². The average Bonchev–Trinajstić information content (AvgIpc) is 3.05. The third-order valence-corrected chi connectivity index (χ3v) is 17.3. The second-order valence-corrected chi connectivity index (χ2v) is 21.7. The predicted molar refractivity (Wildman–Crippen MR) is 197 cm³/mol. The van der Waals surface area contributed by atoms with Crippen molar-refractivity contribution in [3.05, 3.63) is 64.2 Å². The SMILES string of the molecule is CC(C)c1cc(S(=O)(=O)[O-])c2c(c1OS(=O)(=O)c1cc(C34CC5CC(CC(C5)C3)C4)c3ccccc3c1C13CC4CC(CC(C4)C1)C3)CCCC2. The number of fused-ring (bicyclic) bond motifs is 2. The molecule has 8 heteroatoms. The largest absolute Gasteiger partial charge is 0.744 e. The molecule has 0 spiro atoms. The van der Waals surface area contributed by atoms with Crippen LogP contribution in [0.5, 0.6) is 5.75 Å². The summed E-state index contributed by atoms with van der Waals surface area (Å²) in [5, 5.41) is 2.35. The maximum atomic E-state index is 15.5. The fraction of sp³-hybridized carbons (Fsp3) is 0.628. The molecule has 272 valence electrons. The van der Waals surface area contributed by atoms with Crippen molar-refractivity contribution in [2.75, 3.05) is 0 Å². The van der Waals surface area contributed by atoms with E-state index >= 15 is 8.42 Å². The summed E-state index contributed by atoms with van der Waals surface area (Å²) in [6, 6.07) is 12.3. The molecule has 0 heterocycles. The molecule has 0 radical (unpaired) electrons. The minimum atomic E-state index is -4.75. The van der Waals surface area contributed by atoms with E-state index in [0.717, 1.165) is 62.3 Å². The van der Waals surface area contributed by atoms with Crippen molar-refractivity contribution in [3.63, 3.8) is 0 Å². The second-order valence-electron chi connectivity index (χ2n) is 18.8. The van der Waals surface area contributed by atoms with Gasteiger partial charge in [0, 0.05) is 11.1 Å². The number of benzene rings is 3. The smallest absolute Gasteiger partial charge is 0.339 e. The maximum Gasteiger partial charge on any atom is 0.339 e. The Balaban J connectivity index is 1.22. The molecule has 9 aliphatic carbocycles. The topological polar surface area (TPSA) is 101 Å². The van der Waals surface area contributed by atoms with E-state index in [9.17, 15) is 13.0 Å². The molecule has 0 saturated heterocycles. The van der Waals surface area contributed by atoms with E-state index in [1.54, 1.807) is 0 Å². The zero-order chi connectivity index (χ0) is 35.1. The molecule has 6 nitrogen and oxygen atoms in total. The van der Waals surface area contributed by atoms with Crippen LogP contribution in [0, 0.1) is 35.5 Å². The van der Waals surface area contributed by atoms with Crippen molar-refractivity contribution >= 4 is 31.0 Å². The van der Waals surface area contributed by atoms with E-state index in [1.807, 2.05) is 13.8 Å². The van der Waals surface area contributed by atoms with Crippen LogP contribution in [-0.4, -0.2) is 21.4 Å². The molecule has 8 bridgehead atoms. The van der Waals surface area contributed by atoms with Gasteiger partial charge in [0.2, 0.25) is 0 Å². The highest BCUT2D eigenvalue weighted by Gasteiger charge is 2.56. The van der Waals surface area contributed by atoms with Crippen molar-refractivity contribution in [2.45, 2.75) is 143 Å². The van der Waals surface area contributed by atoms with Gasteiger partial charge >= 0.3 is 10.1 Å². The first-order valence-electron chi connectivity index (χ1n) is 20.0. The van der Waals surface area contributed by atoms with Gasteiger partial charge in [-0.15, -0.1) is 0 Å². The highest BCUT2D eigenvalue weighted by molar-refractivity contribution is 7.87. The molecule has 0 amide bonds. The van der Waals surface area contributed by atoms with Crippen LogP contribution in [0.25, 0.3) is 10.8 Å². The lowest BCUT2D eigenvalue weighted by Crippen LogP contribution is -2.50. The Kier molecular flexibility index (Phi) is 7.35. The van der Waals surface area contributed by atoms with Crippen LogP contribution in [-0.2, 0) is 43.9 Å². The minimum Gasteiger partial charge on any atom is -0.744 e. The highest BCUT2D eigenvalue weighted by atomic mass is 32.2. The summed E-state index contributed by atoms with van der Waals surface area (Å²) in [6.07, 6.45) is 16.7. The van der Waals surface area contributed by atoms with Crippen molar-refractivity contribution in [1.29, 1.82) is 0 Å². The van der Waals surface area contributed by atoms with Crippen molar-refractivity contribution in [1.82, 2.24) is 0 Å². The molecule has 51 heavy (non-hydrogen) atoms. The fourth-order valence-corrected chi connectivity index (χ4v) is 16.3. The predicted octanol–water partition coefficient (Wildman–Crippen LogP) is 9.45. The molecule has 0 aliphatic heterocycles. The molecule has 3 aromatic rings. The summed E-state index contributed by atoms with van der Waals surface area (Å²) in [5.74, 6) is 4.06. The Morgan fingerprint density at radius 2 is 1.16 bits per heavy atom. The molecule has 0 atom stereocenters. The van der Waals surface area contributed by atoms with Gasteiger partial charge in [0.05, 0.1) is 4.90 Å². The van der Waals surface area contributed by atoms with E-state index < -0.39 is 20.2 Å². The number of hydrogen-bond donors (Lipinski definition) is 0. The Morgan fingerprint density at radius 1 is 0.667 bits per heavy atom. The summed E-state index contributed by atoms with van der Waals surface area (Å²) in [7, 11) is -9.14. The highest BCUT2D eigenvalue weighted by Crippen LogP contribution is 2.65. The summed E-state index contributed by atoms with van der Waals surface area (Å²) in [5.41, 5.74) is 3.48. The summed E-state index contributed by atoms with van der Waals surface area (Å²) in [4.78, 5) is 0.142. The van der Waals surface area contributed by atoms with Crippen molar-refractivity contribution in [2.24, 2.45) is 35.5 Å². The van der Waals surface area contributed by atoms with Crippen LogP contribution in [0.3, 0.4) is 0 Å². The molecule has 0 unspecified atom stereocenters. The van der Waals surface area contributed by atoms with Crippen LogP contribution < -0.4 is 4.18 Å². The monoisotopic (exact) mass is 727 g/mol. The summed E-state index contributed by atoms with van der Waals surface area (Å²) in [6.45, 7) is 3.82. The molecule has 3 aromatic carbocycles. The molecule has 0 aromatic heterocycles. The van der Waals surface area contributed by atoms with Gasteiger partial charge in [-0.1, -0.05) is 38.1 Å². The van der Waals surface area contributed by atoms with Gasteiger partial charge in [-0.3, -0.25) is 0 Å². The first-order chi connectivity index (χ1) is 24.3. The molecule has 0 N–H and O–H groups in total. The fourth-order valence-electron chi connectivity index (χ4n) is 14.2. The van der Waals surface area contributed by atoms with E-state index in [2.05, 4.69) is 30.3 Å². The van der Waals surface area contributed by atoms with E-state index in [1.165, 1.54) is 55.5 Å². The van der Waals surface area contributed by atoms with Crippen LogP contribution in [0.1, 0.15) is 137 Å². The first-order valence-corrected chi connectivity index (χ1v) is 22.8. The standard InChI is InChI=1S/C43H52O6S2/c1-25(2)36-17-38(50(44,45)46)33-8-4-6-10-35(33)41(36)49-51(47,48)39-18-37(42-19-26-11-27(20-42)13-28(12-26)21-42)32-7-3-5-9-34(32)40(39)43-22-29-14-30(23-43)16-31(15-29)24-43/h3,5,7,9,17-18,25-31H,4,6,8,10-16,19-24H2,1-2H3,(H,44,45,46)/p-1. The van der Waals surface area contributed by atoms with Crippen LogP contribution in [0.2, 0.25) is 0 Å². The van der Waals surface area contributed by atoms with Crippen molar-refractivity contribution < 1.29 is 25.6 Å². The Hall–Kier alpha value is -2.42. The lowest BCUT2D eigenvalue weighted by Gasteiger charge is -2.58.